The van der Waals surface area contributed by atoms with Gasteiger partial charge in [-0.05, 0) is 79.1 Å². The Kier molecular flexibility index (Phi) is 7.98. The third-order valence-corrected chi connectivity index (χ3v) is 5.89. The number of hydrogen-bond acceptors (Lipinski definition) is 4. The summed E-state index contributed by atoms with van der Waals surface area (Å²) in [4.78, 5) is 26.7. The van der Waals surface area contributed by atoms with Gasteiger partial charge in [0.05, 0.1) is 12.3 Å². The van der Waals surface area contributed by atoms with Crippen molar-refractivity contribution in [2.45, 2.75) is 20.0 Å². The van der Waals surface area contributed by atoms with Gasteiger partial charge in [0.1, 0.15) is 12.3 Å². The van der Waals surface area contributed by atoms with Crippen molar-refractivity contribution in [1.82, 2.24) is 5.32 Å². The lowest BCUT2D eigenvalue weighted by molar-refractivity contribution is -0.113. The highest BCUT2D eigenvalue weighted by molar-refractivity contribution is 6.31. The quantitative estimate of drug-likeness (QED) is 0.190. The highest BCUT2D eigenvalue weighted by Crippen LogP contribution is 2.36. The molecule has 0 spiro atoms. The molecule has 0 bridgehead atoms. The second kappa shape index (κ2) is 11.3. The predicted molar refractivity (Wildman–Crippen MR) is 143 cm³/mol. The number of benzene rings is 3. The van der Waals surface area contributed by atoms with Gasteiger partial charge in [-0.25, -0.2) is 9.69 Å². The molecule has 3 amide bonds. The molecule has 3 aromatic rings. The Morgan fingerprint density at radius 3 is 2.28 bits per heavy atom. The Labute approximate surface area is 219 Å². The van der Waals surface area contributed by atoms with Crippen LogP contribution in [0.4, 0.5) is 10.5 Å². The summed E-state index contributed by atoms with van der Waals surface area (Å²) in [7, 11) is 0. The summed E-state index contributed by atoms with van der Waals surface area (Å²) < 4.78 is 12.0. The lowest BCUT2D eigenvalue weighted by Crippen LogP contribution is -2.30. The second-order valence-electron chi connectivity index (χ2n) is 7.95. The number of nitrogens with one attached hydrogen (secondary N) is 1. The fraction of sp³-hybridized carbons (Fsp3) is 0.143. The van der Waals surface area contributed by atoms with Crippen molar-refractivity contribution in [2.75, 3.05) is 11.5 Å². The molecule has 1 saturated heterocycles. The lowest BCUT2D eigenvalue weighted by Gasteiger charge is -2.17. The summed E-state index contributed by atoms with van der Waals surface area (Å²) in [6.45, 7) is 6.48. The van der Waals surface area contributed by atoms with E-state index in [-0.39, 0.29) is 5.70 Å². The zero-order chi connectivity index (χ0) is 25.7. The number of anilines is 1. The van der Waals surface area contributed by atoms with Crippen molar-refractivity contribution >= 4 is 46.9 Å². The molecule has 1 aliphatic rings. The normalized spacial score (nSPS) is 14.2. The van der Waals surface area contributed by atoms with Gasteiger partial charge in [0, 0.05) is 15.6 Å². The maximum atomic E-state index is 13.0. The van der Waals surface area contributed by atoms with Gasteiger partial charge in [-0.15, -0.1) is 6.58 Å². The van der Waals surface area contributed by atoms with Crippen molar-refractivity contribution in [2.24, 2.45) is 0 Å². The minimum Gasteiger partial charge on any atom is -0.490 e. The van der Waals surface area contributed by atoms with Gasteiger partial charge in [0.2, 0.25) is 0 Å². The van der Waals surface area contributed by atoms with Crippen LogP contribution in [0.5, 0.6) is 11.5 Å². The Balaban J connectivity index is 1.65. The first kappa shape index (κ1) is 25.4. The number of ether oxygens (including phenoxy) is 2. The number of amides is 3. The summed E-state index contributed by atoms with van der Waals surface area (Å²) in [5, 5.41) is 3.81. The molecule has 8 heteroatoms. The van der Waals surface area contributed by atoms with E-state index in [1.54, 1.807) is 42.5 Å². The molecule has 3 aromatic carbocycles. The average molecular weight is 523 g/mol. The Morgan fingerprint density at radius 1 is 0.972 bits per heavy atom. The molecule has 1 N–H and O–H groups in total. The lowest BCUT2D eigenvalue weighted by atomic mass is 10.0. The second-order valence-corrected chi connectivity index (χ2v) is 8.83. The first-order valence-corrected chi connectivity index (χ1v) is 12.1. The Morgan fingerprint density at radius 2 is 1.64 bits per heavy atom. The predicted octanol–water partition coefficient (Wildman–Crippen LogP) is 6.80. The van der Waals surface area contributed by atoms with Crippen molar-refractivity contribution in [1.29, 1.82) is 0 Å². The van der Waals surface area contributed by atoms with E-state index in [0.717, 1.165) is 16.0 Å². The molecule has 1 heterocycles. The first-order chi connectivity index (χ1) is 17.4. The summed E-state index contributed by atoms with van der Waals surface area (Å²) in [5.41, 5.74) is 3.05. The summed E-state index contributed by atoms with van der Waals surface area (Å²) in [5.74, 6) is 0.663. The van der Waals surface area contributed by atoms with Gasteiger partial charge >= 0.3 is 6.03 Å². The number of imide groups is 1. The smallest absolute Gasteiger partial charge is 0.333 e. The molecular weight excluding hydrogens is 499 g/mol. The monoisotopic (exact) mass is 522 g/mol. The fourth-order valence-electron chi connectivity index (χ4n) is 3.76. The number of hydrogen-bond donors (Lipinski definition) is 1. The highest BCUT2D eigenvalue weighted by Gasteiger charge is 2.35. The minimum atomic E-state index is -0.534. The zero-order valence-electron chi connectivity index (χ0n) is 19.6. The van der Waals surface area contributed by atoms with Crippen LogP contribution in [0.15, 0.2) is 79.0 Å². The molecule has 0 atom stereocenters. The van der Waals surface area contributed by atoms with Gasteiger partial charge in [0.15, 0.2) is 11.5 Å². The van der Waals surface area contributed by atoms with Crippen LogP contribution in [0, 0.1) is 0 Å². The fourth-order valence-corrected chi connectivity index (χ4v) is 4.02. The Bertz CT molecular complexity index is 1320. The van der Waals surface area contributed by atoms with Gasteiger partial charge in [-0.2, -0.15) is 0 Å². The van der Waals surface area contributed by atoms with E-state index >= 15 is 0 Å². The molecule has 36 heavy (non-hydrogen) atoms. The van der Waals surface area contributed by atoms with Gasteiger partial charge in [-0.3, -0.25) is 4.79 Å². The van der Waals surface area contributed by atoms with E-state index in [9.17, 15) is 9.59 Å². The van der Waals surface area contributed by atoms with E-state index in [1.165, 1.54) is 0 Å². The molecule has 1 aliphatic heterocycles. The third kappa shape index (κ3) is 5.73. The number of carbonyl (C=O) groups is 2. The standard InChI is InChI=1S/C28H24Cl2N2O4/c1-3-5-20-14-19(15-24-27(33)32(28(34)31-24)23-12-10-22(30)11-13-23)16-25(35-4-2)26(20)36-17-18-6-8-21(29)9-7-18/h3,6-16H,1,4-5,17H2,2H3,(H,31,34)/b24-15+. The molecule has 1 fully saturated rings. The number of nitrogens with zero attached hydrogens (tertiary/aromatic N) is 1. The molecule has 0 radical (unpaired) electrons. The van der Waals surface area contributed by atoms with Crippen molar-refractivity contribution in [3.8, 4) is 11.5 Å². The maximum Gasteiger partial charge on any atom is 0.333 e. The van der Waals surface area contributed by atoms with Crippen LogP contribution in [0.3, 0.4) is 0 Å². The van der Waals surface area contributed by atoms with Crippen LogP contribution in [-0.4, -0.2) is 18.5 Å². The van der Waals surface area contributed by atoms with Crippen LogP contribution in [0.1, 0.15) is 23.6 Å². The molecular formula is C28H24Cl2N2O4. The topological polar surface area (TPSA) is 67.9 Å². The van der Waals surface area contributed by atoms with E-state index in [0.29, 0.717) is 52.4 Å². The van der Waals surface area contributed by atoms with Crippen LogP contribution in [0.25, 0.3) is 6.08 Å². The number of allylic oxidation sites excluding steroid dienone is 1. The van der Waals surface area contributed by atoms with Gasteiger partial charge in [0.25, 0.3) is 5.91 Å². The number of urea groups is 1. The molecule has 0 aromatic heterocycles. The number of rotatable bonds is 9. The molecule has 6 nitrogen and oxygen atoms in total. The molecule has 0 unspecified atom stereocenters. The van der Waals surface area contributed by atoms with Crippen molar-refractivity contribution in [3.05, 3.63) is 106 Å². The molecule has 184 valence electrons. The van der Waals surface area contributed by atoms with Gasteiger partial charge < -0.3 is 14.8 Å². The summed E-state index contributed by atoms with van der Waals surface area (Å²) >= 11 is 11.9. The third-order valence-electron chi connectivity index (χ3n) is 5.39. The number of halogens is 2. The van der Waals surface area contributed by atoms with E-state index in [2.05, 4.69) is 11.9 Å². The largest absolute Gasteiger partial charge is 0.490 e. The van der Waals surface area contributed by atoms with E-state index in [1.807, 2.05) is 37.3 Å². The summed E-state index contributed by atoms with van der Waals surface area (Å²) in [6.07, 6.45) is 3.90. The minimum absolute atomic E-state index is 0.150. The van der Waals surface area contributed by atoms with Crippen LogP contribution in [0.2, 0.25) is 10.0 Å². The maximum absolute atomic E-state index is 13.0. The SMILES string of the molecule is C=CCc1cc(/C=C2/NC(=O)N(c3ccc(Cl)cc3)C2=O)cc(OCC)c1OCc1ccc(Cl)cc1. The van der Waals surface area contributed by atoms with Gasteiger partial charge in [-0.1, -0.05) is 41.4 Å². The molecule has 0 aliphatic carbocycles. The number of carbonyl (C=O) groups excluding carboxylic acids is 2. The summed E-state index contributed by atoms with van der Waals surface area (Å²) in [6, 6.07) is 17.0. The van der Waals surface area contributed by atoms with Crippen LogP contribution >= 0.6 is 23.2 Å². The average Bonchev–Trinajstić information content (AvgIpc) is 3.13. The first-order valence-electron chi connectivity index (χ1n) is 11.3. The molecule has 4 rings (SSSR count). The Hall–Kier alpha value is -3.74. The molecule has 0 saturated carbocycles. The highest BCUT2D eigenvalue weighted by atomic mass is 35.5. The van der Waals surface area contributed by atoms with Crippen LogP contribution < -0.4 is 19.7 Å². The van der Waals surface area contributed by atoms with Crippen molar-refractivity contribution in [3.63, 3.8) is 0 Å². The zero-order valence-corrected chi connectivity index (χ0v) is 21.1. The van der Waals surface area contributed by atoms with E-state index in [4.69, 9.17) is 32.7 Å². The van der Waals surface area contributed by atoms with Crippen LogP contribution in [-0.2, 0) is 17.8 Å². The van der Waals surface area contributed by atoms with E-state index < -0.39 is 11.9 Å². The van der Waals surface area contributed by atoms with Crippen molar-refractivity contribution < 1.29 is 19.1 Å².